The summed E-state index contributed by atoms with van der Waals surface area (Å²) in [5.74, 6) is 2.18. The van der Waals surface area contributed by atoms with Crippen LogP contribution >= 0.6 is 11.6 Å². The van der Waals surface area contributed by atoms with Crippen LogP contribution in [-0.4, -0.2) is 16.5 Å². The van der Waals surface area contributed by atoms with Gasteiger partial charge in [0, 0.05) is 27.7 Å². The van der Waals surface area contributed by atoms with Gasteiger partial charge >= 0.3 is 6.03 Å². The summed E-state index contributed by atoms with van der Waals surface area (Å²) in [6.45, 7) is 0.415. The average molecular weight is 376 g/mol. The van der Waals surface area contributed by atoms with Crippen LogP contribution in [0.5, 0.6) is 0 Å². The monoisotopic (exact) mass is 375 g/mol. The normalized spacial score (nSPS) is 15.4. The van der Waals surface area contributed by atoms with Gasteiger partial charge in [0.2, 0.25) is 0 Å². The van der Waals surface area contributed by atoms with Crippen molar-refractivity contribution in [2.24, 2.45) is 0 Å². The molecule has 0 unspecified atom stereocenters. The molecule has 5 nitrogen and oxygen atoms in total. The molecule has 2 heterocycles. The molecule has 0 spiro atoms. The van der Waals surface area contributed by atoms with Crippen molar-refractivity contribution in [1.82, 2.24) is 9.88 Å². The SMILES string of the molecule is C#CCn1cc(/C=C2/NC(=O)N(c3cccc(Cl)c3)C2=O)c2ccccc21. The molecule has 27 heavy (non-hydrogen) atoms. The number of carbonyl (C=O) groups is 2. The zero-order valence-corrected chi connectivity index (χ0v) is 14.9. The molecule has 1 aromatic heterocycles. The molecule has 1 aliphatic heterocycles. The first-order valence-corrected chi connectivity index (χ1v) is 8.60. The van der Waals surface area contributed by atoms with Crippen molar-refractivity contribution in [2.45, 2.75) is 6.54 Å². The van der Waals surface area contributed by atoms with Crippen molar-refractivity contribution in [3.05, 3.63) is 71.0 Å². The second kappa shape index (κ2) is 6.67. The molecular weight excluding hydrogens is 362 g/mol. The van der Waals surface area contributed by atoms with Gasteiger partial charge in [-0.25, -0.2) is 9.69 Å². The van der Waals surface area contributed by atoms with Crippen molar-refractivity contribution in [2.75, 3.05) is 4.90 Å². The van der Waals surface area contributed by atoms with E-state index in [-0.39, 0.29) is 5.70 Å². The first kappa shape index (κ1) is 17.0. The van der Waals surface area contributed by atoms with Gasteiger partial charge in [-0.05, 0) is 30.3 Å². The highest BCUT2D eigenvalue weighted by molar-refractivity contribution is 6.32. The van der Waals surface area contributed by atoms with Crippen LogP contribution in [0.3, 0.4) is 0 Å². The molecule has 1 aliphatic rings. The Labute approximate surface area is 160 Å². The number of hydrogen-bond donors (Lipinski definition) is 1. The number of halogens is 1. The third kappa shape index (κ3) is 2.97. The third-order valence-corrected chi connectivity index (χ3v) is 4.56. The molecule has 6 heteroatoms. The fourth-order valence-corrected chi connectivity index (χ4v) is 3.34. The highest BCUT2D eigenvalue weighted by Crippen LogP contribution is 2.27. The van der Waals surface area contributed by atoms with Crippen molar-refractivity contribution >= 4 is 46.2 Å². The van der Waals surface area contributed by atoms with E-state index in [1.54, 1.807) is 30.3 Å². The smallest absolute Gasteiger partial charge is 0.333 e. The van der Waals surface area contributed by atoms with Crippen LogP contribution in [0.1, 0.15) is 5.56 Å². The minimum Gasteiger partial charge on any atom is -0.335 e. The lowest BCUT2D eigenvalue weighted by Crippen LogP contribution is -2.30. The Hall–Kier alpha value is -3.49. The van der Waals surface area contributed by atoms with Crippen molar-refractivity contribution in [3.63, 3.8) is 0 Å². The van der Waals surface area contributed by atoms with Crippen molar-refractivity contribution < 1.29 is 9.59 Å². The molecule has 1 N–H and O–H groups in total. The molecule has 0 aliphatic carbocycles. The molecular formula is C21H14ClN3O2. The summed E-state index contributed by atoms with van der Waals surface area (Å²) in [4.78, 5) is 26.2. The summed E-state index contributed by atoms with van der Waals surface area (Å²) in [6, 6.07) is 13.8. The maximum Gasteiger partial charge on any atom is 0.333 e. The van der Waals surface area contributed by atoms with Gasteiger partial charge in [-0.1, -0.05) is 41.8 Å². The number of urea groups is 1. The first-order valence-electron chi connectivity index (χ1n) is 8.22. The summed E-state index contributed by atoms with van der Waals surface area (Å²) in [5, 5.41) is 4.03. The lowest BCUT2D eigenvalue weighted by atomic mass is 10.1. The molecule has 3 amide bonds. The summed E-state index contributed by atoms with van der Waals surface area (Å²) in [5.41, 5.74) is 2.38. The number of fused-ring (bicyclic) bond motifs is 1. The van der Waals surface area contributed by atoms with E-state index in [0.717, 1.165) is 21.4 Å². The van der Waals surface area contributed by atoms with E-state index >= 15 is 0 Å². The quantitative estimate of drug-likeness (QED) is 0.427. The van der Waals surface area contributed by atoms with Gasteiger partial charge in [0.25, 0.3) is 5.91 Å². The Morgan fingerprint density at radius 2 is 1.96 bits per heavy atom. The van der Waals surface area contributed by atoms with Crippen LogP contribution in [0.25, 0.3) is 17.0 Å². The number of hydrogen-bond acceptors (Lipinski definition) is 2. The summed E-state index contributed by atoms with van der Waals surface area (Å²) < 4.78 is 1.93. The van der Waals surface area contributed by atoms with Crippen LogP contribution in [-0.2, 0) is 11.3 Å². The molecule has 1 fully saturated rings. The standard InChI is InChI=1S/C21H14ClN3O2/c1-2-10-24-13-14(17-8-3-4-9-19(17)24)11-18-20(26)25(21(27)23-18)16-7-5-6-15(22)12-16/h1,3-9,11-13H,10H2,(H,23,27)/b18-11+. The second-order valence-electron chi connectivity index (χ2n) is 6.04. The number of nitrogens with one attached hydrogen (secondary N) is 1. The van der Waals surface area contributed by atoms with Crippen LogP contribution < -0.4 is 10.2 Å². The predicted molar refractivity (Wildman–Crippen MR) is 106 cm³/mol. The van der Waals surface area contributed by atoms with E-state index in [9.17, 15) is 9.59 Å². The minimum absolute atomic E-state index is 0.198. The van der Waals surface area contributed by atoms with Crippen LogP contribution in [0, 0.1) is 12.3 Å². The second-order valence-corrected chi connectivity index (χ2v) is 6.48. The number of aromatic nitrogens is 1. The predicted octanol–water partition coefficient (Wildman–Crippen LogP) is 4.03. The Bertz CT molecular complexity index is 1150. The molecule has 0 bridgehead atoms. The molecule has 4 rings (SSSR count). The van der Waals surface area contributed by atoms with Crippen LogP contribution in [0.15, 0.2) is 60.4 Å². The van der Waals surface area contributed by atoms with E-state index < -0.39 is 11.9 Å². The van der Waals surface area contributed by atoms with Gasteiger partial charge < -0.3 is 9.88 Å². The summed E-state index contributed by atoms with van der Waals surface area (Å²) in [7, 11) is 0. The molecule has 0 atom stereocenters. The highest BCUT2D eigenvalue weighted by atomic mass is 35.5. The number of anilines is 1. The Morgan fingerprint density at radius 1 is 1.15 bits per heavy atom. The van der Waals surface area contributed by atoms with E-state index in [2.05, 4.69) is 11.2 Å². The number of rotatable bonds is 3. The van der Waals surface area contributed by atoms with Gasteiger partial charge in [-0.2, -0.15) is 0 Å². The van der Waals surface area contributed by atoms with Crippen LogP contribution in [0.2, 0.25) is 5.02 Å². The number of amides is 3. The Kier molecular flexibility index (Phi) is 4.19. The lowest BCUT2D eigenvalue weighted by Gasteiger charge is -2.11. The number of imide groups is 1. The number of carbonyl (C=O) groups excluding carboxylic acids is 2. The number of terminal acetylenes is 1. The average Bonchev–Trinajstić information content (AvgIpc) is 3.13. The first-order chi connectivity index (χ1) is 13.1. The zero-order valence-electron chi connectivity index (χ0n) is 14.1. The molecule has 2 aromatic carbocycles. The maximum absolute atomic E-state index is 12.8. The van der Waals surface area contributed by atoms with Crippen molar-refractivity contribution in [3.8, 4) is 12.3 Å². The van der Waals surface area contributed by atoms with Gasteiger partial charge in [0.1, 0.15) is 5.70 Å². The fraction of sp³-hybridized carbons (Fsp3) is 0.0476. The molecule has 3 aromatic rings. The highest BCUT2D eigenvalue weighted by Gasteiger charge is 2.35. The summed E-state index contributed by atoms with van der Waals surface area (Å²) >= 11 is 5.98. The van der Waals surface area contributed by atoms with Crippen molar-refractivity contribution in [1.29, 1.82) is 0 Å². The van der Waals surface area contributed by atoms with E-state index in [4.69, 9.17) is 18.0 Å². The van der Waals surface area contributed by atoms with Gasteiger partial charge in [-0.15, -0.1) is 6.42 Å². The zero-order chi connectivity index (χ0) is 19.0. The molecule has 0 saturated carbocycles. The Morgan fingerprint density at radius 3 is 2.74 bits per heavy atom. The largest absolute Gasteiger partial charge is 0.335 e. The number of para-hydroxylation sites is 1. The van der Waals surface area contributed by atoms with E-state index in [1.165, 1.54) is 0 Å². The molecule has 1 saturated heterocycles. The maximum atomic E-state index is 12.8. The summed E-state index contributed by atoms with van der Waals surface area (Å²) in [6.07, 6.45) is 8.99. The topological polar surface area (TPSA) is 54.3 Å². The fourth-order valence-electron chi connectivity index (χ4n) is 3.16. The molecule has 132 valence electrons. The van der Waals surface area contributed by atoms with Gasteiger partial charge in [0.15, 0.2) is 0 Å². The molecule has 0 radical (unpaired) electrons. The Balaban J connectivity index is 1.76. The minimum atomic E-state index is -0.513. The lowest BCUT2D eigenvalue weighted by molar-refractivity contribution is -0.113. The van der Waals surface area contributed by atoms with Gasteiger partial charge in [0.05, 0.1) is 12.2 Å². The number of nitrogens with zero attached hydrogens (tertiary/aromatic N) is 2. The number of benzene rings is 2. The van der Waals surface area contributed by atoms with Crippen LogP contribution in [0.4, 0.5) is 10.5 Å². The van der Waals surface area contributed by atoms with E-state index in [0.29, 0.717) is 17.3 Å². The van der Waals surface area contributed by atoms with Gasteiger partial charge in [-0.3, -0.25) is 4.79 Å². The van der Waals surface area contributed by atoms with E-state index in [1.807, 2.05) is 35.0 Å². The third-order valence-electron chi connectivity index (χ3n) is 4.33.